The number of carbonyl (C=O) groups excluding carboxylic acids is 1. The molecule has 0 fully saturated rings. The number of benzene rings is 1. The summed E-state index contributed by atoms with van der Waals surface area (Å²) in [7, 11) is -1.44. The average Bonchev–Trinajstić information content (AvgIpc) is 2.29. The molecule has 0 heterocycles. The minimum Gasteiger partial charge on any atom is -0.399 e. The maximum atomic E-state index is 11.9. The van der Waals surface area contributed by atoms with Crippen molar-refractivity contribution in [2.24, 2.45) is 0 Å². The molecule has 17 heavy (non-hydrogen) atoms. The first kappa shape index (κ1) is 13.2. The minimum absolute atomic E-state index is 0.0774. The van der Waals surface area contributed by atoms with Crippen LogP contribution in [0.4, 0.5) is 5.69 Å². The summed E-state index contributed by atoms with van der Waals surface area (Å²) in [6.07, 6.45) is 0. The molecule has 1 aromatic rings. The second-order valence-corrected chi connectivity index (χ2v) is 4.87. The van der Waals surface area contributed by atoms with E-state index in [-0.39, 0.29) is 12.3 Å². The predicted molar refractivity (Wildman–Crippen MR) is 65.5 cm³/mol. The van der Waals surface area contributed by atoms with Crippen LogP contribution < -0.4 is 11.1 Å². The van der Waals surface area contributed by atoms with Gasteiger partial charge in [0.15, 0.2) is 0 Å². The van der Waals surface area contributed by atoms with Gasteiger partial charge in [-0.25, -0.2) is 0 Å². The van der Waals surface area contributed by atoms with Gasteiger partial charge in [-0.3, -0.25) is 9.00 Å². The van der Waals surface area contributed by atoms with Gasteiger partial charge < -0.3 is 11.1 Å². The fourth-order valence-corrected chi connectivity index (χ4v) is 2.44. The predicted octanol–water partition coefficient (Wildman–Crippen LogP) is 0.325. The largest absolute Gasteiger partial charge is 0.399 e. The Hall–Kier alpha value is -1.87. The number of nitrogen functional groups attached to an aromatic ring is 1. The Morgan fingerprint density at radius 3 is 2.94 bits per heavy atom. The first-order chi connectivity index (χ1) is 8.04. The topological polar surface area (TPSA) is 96.0 Å². The maximum absolute atomic E-state index is 11.9. The number of nitriles is 1. The number of hydrogen-bond acceptors (Lipinski definition) is 4. The molecular formula is C11H13N3O2S. The van der Waals surface area contributed by atoms with Gasteiger partial charge in [-0.1, -0.05) is 6.07 Å². The molecule has 1 amide bonds. The van der Waals surface area contributed by atoms with Crippen molar-refractivity contribution in [3.8, 4) is 6.07 Å². The summed E-state index contributed by atoms with van der Waals surface area (Å²) in [5.74, 6) is -0.571. The van der Waals surface area contributed by atoms with Gasteiger partial charge in [0.2, 0.25) is 5.91 Å². The quantitative estimate of drug-likeness (QED) is 0.595. The van der Waals surface area contributed by atoms with Crippen molar-refractivity contribution >= 4 is 22.4 Å². The van der Waals surface area contributed by atoms with E-state index in [2.05, 4.69) is 5.32 Å². The molecular weight excluding hydrogens is 238 g/mol. The van der Waals surface area contributed by atoms with Crippen LogP contribution in [-0.4, -0.2) is 22.4 Å². The van der Waals surface area contributed by atoms with Gasteiger partial charge in [0, 0.05) is 10.6 Å². The molecule has 0 bridgehead atoms. The molecule has 0 spiro atoms. The highest BCUT2D eigenvalue weighted by Gasteiger charge is 2.12. The third-order valence-corrected chi connectivity index (χ3v) is 3.54. The summed E-state index contributed by atoms with van der Waals surface area (Å²) in [6, 6.07) is 6.86. The molecule has 0 radical (unpaired) electrons. The maximum Gasteiger partial charge on any atom is 0.233 e. The molecule has 0 saturated heterocycles. The van der Waals surface area contributed by atoms with Crippen molar-refractivity contribution in [2.45, 2.75) is 11.8 Å². The van der Waals surface area contributed by atoms with Gasteiger partial charge in [-0.15, -0.1) is 0 Å². The van der Waals surface area contributed by atoms with Crippen molar-refractivity contribution in [2.75, 3.05) is 18.0 Å². The summed E-state index contributed by atoms with van der Waals surface area (Å²) >= 11 is 0. The number of aryl methyl sites for hydroxylation is 1. The number of amides is 1. The summed E-state index contributed by atoms with van der Waals surface area (Å²) < 4.78 is 11.9. The Morgan fingerprint density at radius 2 is 2.29 bits per heavy atom. The Kier molecular flexibility index (Phi) is 4.67. The molecule has 1 unspecified atom stereocenters. The average molecular weight is 251 g/mol. The normalized spacial score (nSPS) is 11.5. The molecule has 6 heteroatoms. The van der Waals surface area contributed by atoms with E-state index in [1.807, 2.05) is 0 Å². The van der Waals surface area contributed by atoms with Crippen molar-refractivity contribution in [1.82, 2.24) is 5.32 Å². The smallest absolute Gasteiger partial charge is 0.233 e. The molecule has 3 N–H and O–H groups in total. The van der Waals surface area contributed by atoms with E-state index in [9.17, 15) is 9.00 Å². The standard InChI is InChI=1S/C11H13N3O2S/c1-8-2-3-9(13)6-10(8)17(16)7-11(15)14-5-4-12/h2-3,6H,5,7,13H2,1H3,(H,14,15). The SMILES string of the molecule is Cc1ccc(N)cc1S(=O)CC(=O)NCC#N. The highest BCUT2D eigenvalue weighted by atomic mass is 32.2. The van der Waals surface area contributed by atoms with Gasteiger partial charge in [0.05, 0.1) is 16.9 Å². The summed E-state index contributed by atoms with van der Waals surface area (Å²) in [6.45, 7) is 1.73. The zero-order valence-corrected chi connectivity index (χ0v) is 10.2. The number of carbonyl (C=O) groups is 1. The van der Waals surface area contributed by atoms with Crippen LogP contribution >= 0.6 is 0 Å². The fraction of sp³-hybridized carbons (Fsp3) is 0.273. The molecule has 1 aromatic carbocycles. The van der Waals surface area contributed by atoms with Crippen LogP contribution in [0.25, 0.3) is 0 Å². The monoisotopic (exact) mass is 251 g/mol. The van der Waals surface area contributed by atoms with Crippen LogP contribution in [0, 0.1) is 18.3 Å². The first-order valence-electron chi connectivity index (χ1n) is 4.92. The van der Waals surface area contributed by atoms with Crippen LogP contribution in [0.15, 0.2) is 23.1 Å². The highest BCUT2D eigenvalue weighted by molar-refractivity contribution is 7.85. The van der Waals surface area contributed by atoms with Gasteiger partial charge in [0.25, 0.3) is 0 Å². The van der Waals surface area contributed by atoms with E-state index in [1.165, 1.54) is 0 Å². The molecule has 0 aliphatic rings. The lowest BCUT2D eigenvalue weighted by atomic mass is 10.2. The zero-order chi connectivity index (χ0) is 12.8. The van der Waals surface area contributed by atoms with Crippen LogP contribution in [0.5, 0.6) is 0 Å². The van der Waals surface area contributed by atoms with Gasteiger partial charge in [-0.05, 0) is 24.6 Å². The van der Waals surface area contributed by atoms with Crippen LogP contribution in [0.2, 0.25) is 0 Å². The Morgan fingerprint density at radius 1 is 1.59 bits per heavy atom. The van der Waals surface area contributed by atoms with Crippen LogP contribution in [-0.2, 0) is 15.6 Å². The highest BCUT2D eigenvalue weighted by Crippen LogP contribution is 2.16. The molecule has 90 valence electrons. The Bertz CT molecular complexity index is 494. The number of nitrogens with zero attached hydrogens (tertiary/aromatic N) is 1. The number of nitrogens with two attached hydrogens (primary N) is 1. The van der Waals surface area contributed by atoms with Crippen LogP contribution in [0.1, 0.15) is 5.56 Å². The van der Waals surface area contributed by atoms with E-state index in [0.29, 0.717) is 10.6 Å². The summed E-state index contributed by atoms with van der Waals surface area (Å²) in [4.78, 5) is 11.8. The van der Waals surface area contributed by atoms with E-state index < -0.39 is 16.7 Å². The van der Waals surface area contributed by atoms with E-state index >= 15 is 0 Å². The number of anilines is 1. The molecule has 1 atom stereocenters. The van der Waals surface area contributed by atoms with Crippen molar-refractivity contribution in [3.05, 3.63) is 23.8 Å². The summed E-state index contributed by atoms with van der Waals surface area (Å²) in [5, 5.41) is 10.6. The Balaban J connectivity index is 2.73. The lowest BCUT2D eigenvalue weighted by molar-refractivity contribution is -0.118. The lowest BCUT2D eigenvalue weighted by Crippen LogP contribution is -2.28. The first-order valence-corrected chi connectivity index (χ1v) is 6.24. The molecule has 5 nitrogen and oxygen atoms in total. The van der Waals surface area contributed by atoms with Crippen molar-refractivity contribution < 1.29 is 9.00 Å². The van der Waals surface area contributed by atoms with E-state index in [0.717, 1.165) is 5.56 Å². The molecule has 0 aliphatic heterocycles. The minimum atomic E-state index is -1.44. The second-order valence-electron chi connectivity index (χ2n) is 3.45. The van der Waals surface area contributed by atoms with E-state index in [1.54, 1.807) is 31.2 Å². The van der Waals surface area contributed by atoms with Crippen molar-refractivity contribution in [3.63, 3.8) is 0 Å². The molecule has 0 aromatic heterocycles. The fourth-order valence-electron chi connectivity index (χ4n) is 1.25. The van der Waals surface area contributed by atoms with Crippen molar-refractivity contribution in [1.29, 1.82) is 5.26 Å². The molecule has 0 saturated carbocycles. The third kappa shape index (κ3) is 3.89. The number of rotatable bonds is 4. The van der Waals surface area contributed by atoms with Crippen LogP contribution in [0.3, 0.4) is 0 Å². The molecule has 0 aliphatic carbocycles. The van der Waals surface area contributed by atoms with Gasteiger partial charge >= 0.3 is 0 Å². The number of nitrogens with one attached hydrogen (secondary N) is 1. The lowest BCUT2D eigenvalue weighted by Gasteiger charge is -2.06. The summed E-state index contributed by atoms with van der Waals surface area (Å²) in [5.41, 5.74) is 6.93. The molecule has 1 rings (SSSR count). The third-order valence-electron chi connectivity index (χ3n) is 2.08. The zero-order valence-electron chi connectivity index (χ0n) is 9.40. The van der Waals surface area contributed by atoms with E-state index in [4.69, 9.17) is 11.0 Å². The second kappa shape index (κ2) is 6.01. The Labute approximate surface area is 102 Å². The van der Waals surface area contributed by atoms with Gasteiger partial charge in [-0.2, -0.15) is 5.26 Å². The van der Waals surface area contributed by atoms with Gasteiger partial charge in [0.1, 0.15) is 12.3 Å². The number of hydrogen-bond donors (Lipinski definition) is 2.